The minimum absolute atomic E-state index is 0.132. The van der Waals surface area contributed by atoms with E-state index in [4.69, 9.17) is 4.42 Å². The summed E-state index contributed by atoms with van der Waals surface area (Å²) in [5.74, 6) is 0.772. The van der Waals surface area contributed by atoms with Gasteiger partial charge < -0.3 is 14.6 Å². The molecule has 1 amide bonds. The van der Waals surface area contributed by atoms with Gasteiger partial charge in [-0.15, -0.1) is 0 Å². The average molecular weight is 349 g/mol. The number of nitrogens with one attached hydrogen (secondary N) is 1. The molecule has 1 unspecified atom stereocenters. The summed E-state index contributed by atoms with van der Waals surface area (Å²) in [4.78, 5) is 19.6. The number of carbonyl (C=O) groups excluding carboxylic acids is 1. The Morgan fingerprint density at radius 3 is 2.65 bits per heavy atom. The molecule has 3 aromatic rings. The molecule has 0 saturated carbocycles. The molecular formula is C21H23N3O2. The minimum atomic E-state index is -0.403. The SMILES string of the molecule is Cc1nc2cc(NC(C(=O)N3CCCCC3)c3ccccc3)ccc2o1. The number of hydrogen-bond acceptors (Lipinski definition) is 4. The summed E-state index contributed by atoms with van der Waals surface area (Å²) in [7, 11) is 0. The summed E-state index contributed by atoms with van der Waals surface area (Å²) >= 11 is 0. The molecule has 1 N–H and O–H groups in total. The quantitative estimate of drug-likeness (QED) is 0.763. The van der Waals surface area contributed by atoms with Crippen LogP contribution in [0.3, 0.4) is 0 Å². The molecule has 0 spiro atoms. The Morgan fingerprint density at radius 2 is 1.88 bits per heavy atom. The molecule has 0 aliphatic carbocycles. The van der Waals surface area contributed by atoms with Crippen LogP contribution in [0.5, 0.6) is 0 Å². The molecule has 26 heavy (non-hydrogen) atoms. The first-order valence-corrected chi connectivity index (χ1v) is 9.18. The molecule has 1 fully saturated rings. The maximum atomic E-state index is 13.2. The first-order chi connectivity index (χ1) is 12.7. The Hall–Kier alpha value is -2.82. The standard InChI is InChI=1S/C21H23N3O2/c1-15-22-18-14-17(10-11-19(18)26-15)23-20(16-8-4-2-5-9-16)21(25)24-12-6-3-7-13-24/h2,4-5,8-11,14,20,23H,3,6-7,12-13H2,1H3. The van der Waals surface area contributed by atoms with E-state index in [2.05, 4.69) is 10.3 Å². The van der Waals surface area contributed by atoms with E-state index in [1.807, 2.05) is 60.4 Å². The number of nitrogens with zero attached hydrogens (tertiary/aromatic N) is 2. The molecule has 0 radical (unpaired) electrons. The van der Waals surface area contributed by atoms with E-state index >= 15 is 0 Å². The minimum Gasteiger partial charge on any atom is -0.441 e. The van der Waals surface area contributed by atoms with Crippen LogP contribution in [0.25, 0.3) is 11.1 Å². The predicted molar refractivity (Wildman–Crippen MR) is 102 cm³/mol. The lowest BCUT2D eigenvalue weighted by Crippen LogP contribution is -2.41. The molecule has 5 heteroatoms. The first kappa shape index (κ1) is 16.6. The lowest BCUT2D eigenvalue weighted by molar-refractivity contribution is -0.133. The van der Waals surface area contributed by atoms with E-state index in [9.17, 15) is 4.79 Å². The van der Waals surface area contributed by atoms with E-state index in [0.29, 0.717) is 5.89 Å². The predicted octanol–water partition coefficient (Wildman–Crippen LogP) is 4.30. The van der Waals surface area contributed by atoms with Crippen molar-refractivity contribution < 1.29 is 9.21 Å². The molecule has 1 saturated heterocycles. The number of amides is 1. The Balaban J connectivity index is 1.64. The molecule has 2 aromatic carbocycles. The number of aromatic nitrogens is 1. The number of carbonyl (C=O) groups is 1. The van der Waals surface area contributed by atoms with Crippen molar-refractivity contribution in [3.63, 3.8) is 0 Å². The van der Waals surface area contributed by atoms with Crippen LogP contribution in [-0.2, 0) is 4.79 Å². The van der Waals surface area contributed by atoms with Crippen LogP contribution in [0.2, 0.25) is 0 Å². The van der Waals surface area contributed by atoms with Crippen molar-refractivity contribution in [2.45, 2.75) is 32.2 Å². The van der Waals surface area contributed by atoms with Crippen LogP contribution < -0.4 is 5.32 Å². The Morgan fingerprint density at radius 1 is 1.12 bits per heavy atom. The van der Waals surface area contributed by atoms with Gasteiger partial charge in [-0.25, -0.2) is 4.98 Å². The third-order valence-corrected chi connectivity index (χ3v) is 4.85. The molecule has 4 rings (SSSR count). The first-order valence-electron chi connectivity index (χ1n) is 9.18. The van der Waals surface area contributed by atoms with Gasteiger partial charge in [0.05, 0.1) is 0 Å². The van der Waals surface area contributed by atoms with E-state index in [-0.39, 0.29) is 5.91 Å². The second-order valence-electron chi connectivity index (χ2n) is 6.79. The van der Waals surface area contributed by atoms with Crippen molar-refractivity contribution >= 4 is 22.7 Å². The van der Waals surface area contributed by atoms with Crippen LogP contribution in [0, 0.1) is 6.92 Å². The molecule has 2 heterocycles. The maximum absolute atomic E-state index is 13.2. The van der Waals surface area contributed by atoms with E-state index in [1.54, 1.807) is 0 Å². The Kier molecular flexibility index (Phi) is 4.61. The number of benzene rings is 2. The second kappa shape index (κ2) is 7.20. The lowest BCUT2D eigenvalue weighted by atomic mass is 10.0. The van der Waals surface area contributed by atoms with E-state index < -0.39 is 6.04 Å². The highest BCUT2D eigenvalue weighted by Crippen LogP contribution is 2.26. The van der Waals surface area contributed by atoms with Crippen molar-refractivity contribution in [2.75, 3.05) is 18.4 Å². The number of hydrogen-bond donors (Lipinski definition) is 1. The summed E-state index contributed by atoms with van der Waals surface area (Å²) in [6, 6.07) is 15.3. The van der Waals surface area contributed by atoms with Crippen LogP contribution in [0.1, 0.15) is 36.8 Å². The van der Waals surface area contributed by atoms with Crippen molar-refractivity contribution in [2.24, 2.45) is 0 Å². The van der Waals surface area contributed by atoms with Gasteiger partial charge in [0.2, 0.25) is 5.91 Å². The number of aryl methyl sites for hydroxylation is 1. The number of fused-ring (bicyclic) bond motifs is 1. The molecule has 1 aliphatic heterocycles. The molecule has 5 nitrogen and oxygen atoms in total. The van der Waals surface area contributed by atoms with Gasteiger partial charge in [0.25, 0.3) is 0 Å². The number of rotatable bonds is 4. The van der Waals surface area contributed by atoms with Crippen LogP contribution in [0.15, 0.2) is 52.9 Å². The fraction of sp³-hybridized carbons (Fsp3) is 0.333. The van der Waals surface area contributed by atoms with Crippen LogP contribution in [-0.4, -0.2) is 28.9 Å². The highest BCUT2D eigenvalue weighted by molar-refractivity contribution is 5.87. The third kappa shape index (κ3) is 3.43. The van der Waals surface area contributed by atoms with Gasteiger partial charge in [0.15, 0.2) is 11.5 Å². The van der Waals surface area contributed by atoms with Gasteiger partial charge in [0, 0.05) is 25.7 Å². The fourth-order valence-corrected chi connectivity index (χ4v) is 3.53. The molecular weight excluding hydrogens is 326 g/mol. The van der Waals surface area contributed by atoms with E-state index in [0.717, 1.165) is 48.3 Å². The van der Waals surface area contributed by atoms with Gasteiger partial charge in [-0.05, 0) is 43.0 Å². The van der Waals surface area contributed by atoms with Gasteiger partial charge in [0.1, 0.15) is 11.6 Å². The zero-order valence-electron chi connectivity index (χ0n) is 14.9. The lowest BCUT2D eigenvalue weighted by Gasteiger charge is -2.31. The van der Waals surface area contributed by atoms with Gasteiger partial charge in [-0.1, -0.05) is 30.3 Å². The molecule has 134 valence electrons. The van der Waals surface area contributed by atoms with Crippen LogP contribution >= 0.6 is 0 Å². The van der Waals surface area contributed by atoms with Crippen molar-refractivity contribution in [1.82, 2.24) is 9.88 Å². The average Bonchev–Trinajstić information content (AvgIpc) is 3.06. The van der Waals surface area contributed by atoms with Gasteiger partial charge in [-0.3, -0.25) is 4.79 Å². The third-order valence-electron chi connectivity index (χ3n) is 4.85. The molecule has 1 aromatic heterocycles. The zero-order valence-corrected chi connectivity index (χ0v) is 14.9. The number of anilines is 1. The molecule has 1 atom stereocenters. The largest absolute Gasteiger partial charge is 0.441 e. The highest BCUT2D eigenvalue weighted by atomic mass is 16.3. The highest BCUT2D eigenvalue weighted by Gasteiger charge is 2.27. The fourth-order valence-electron chi connectivity index (χ4n) is 3.53. The van der Waals surface area contributed by atoms with Crippen LogP contribution in [0.4, 0.5) is 5.69 Å². The number of oxazole rings is 1. The summed E-state index contributed by atoms with van der Waals surface area (Å²) in [5, 5.41) is 3.42. The van der Waals surface area contributed by atoms with Gasteiger partial charge >= 0.3 is 0 Å². The van der Waals surface area contributed by atoms with Crippen molar-refractivity contribution in [3.05, 3.63) is 60.0 Å². The molecule has 1 aliphatic rings. The topological polar surface area (TPSA) is 58.4 Å². The number of piperidine rings is 1. The summed E-state index contributed by atoms with van der Waals surface area (Å²) in [6.45, 7) is 3.51. The number of likely N-dealkylation sites (tertiary alicyclic amines) is 1. The molecule has 0 bridgehead atoms. The summed E-state index contributed by atoms with van der Waals surface area (Å²) in [5.41, 5.74) is 3.39. The summed E-state index contributed by atoms with van der Waals surface area (Å²) < 4.78 is 5.54. The normalized spacial score (nSPS) is 15.8. The van der Waals surface area contributed by atoms with Gasteiger partial charge in [-0.2, -0.15) is 0 Å². The van der Waals surface area contributed by atoms with E-state index in [1.165, 1.54) is 6.42 Å². The maximum Gasteiger partial charge on any atom is 0.249 e. The Labute approximate surface area is 153 Å². The summed E-state index contributed by atoms with van der Waals surface area (Å²) in [6.07, 6.45) is 3.37. The second-order valence-corrected chi connectivity index (χ2v) is 6.79. The van der Waals surface area contributed by atoms with Crippen molar-refractivity contribution in [3.8, 4) is 0 Å². The smallest absolute Gasteiger partial charge is 0.249 e. The monoisotopic (exact) mass is 349 g/mol. The zero-order chi connectivity index (χ0) is 17.9. The Bertz CT molecular complexity index is 898. The van der Waals surface area contributed by atoms with Crippen molar-refractivity contribution in [1.29, 1.82) is 0 Å².